The molecule has 2 aromatic carbocycles. The smallest absolute Gasteiger partial charge is 0.262 e. The number of rotatable bonds is 3. The topological polar surface area (TPSA) is 66.4 Å². The molecule has 0 saturated carbocycles. The first-order valence-electron chi connectivity index (χ1n) is 5.46. The van der Waals surface area contributed by atoms with Crippen molar-refractivity contribution in [3.63, 3.8) is 0 Å². The summed E-state index contributed by atoms with van der Waals surface area (Å²) in [5.41, 5.74) is 0.886. The number of phenols is 1. The molecule has 0 saturated heterocycles. The molecule has 0 aliphatic heterocycles. The van der Waals surface area contributed by atoms with Crippen LogP contribution in [-0.2, 0) is 10.0 Å². The van der Waals surface area contributed by atoms with Crippen LogP contribution in [0.15, 0.2) is 47.4 Å². The van der Waals surface area contributed by atoms with Crippen LogP contribution in [-0.4, -0.2) is 13.5 Å². The summed E-state index contributed by atoms with van der Waals surface area (Å²) in [5, 5.41) is 9.66. The third-order valence-corrected chi connectivity index (χ3v) is 3.90. The molecular formula is C13H12FNO3S. The average Bonchev–Trinajstić information content (AvgIpc) is 2.33. The molecule has 4 nitrogen and oxygen atoms in total. The quantitative estimate of drug-likeness (QED) is 0.850. The number of sulfonamides is 1. The van der Waals surface area contributed by atoms with Gasteiger partial charge in [-0.2, -0.15) is 0 Å². The summed E-state index contributed by atoms with van der Waals surface area (Å²) in [6.45, 7) is 1.78. The van der Waals surface area contributed by atoms with Crippen LogP contribution in [0.25, 0.3) is 0 Å². The maximum Gasteiger partial charge on any atom is 0.262 e. The fraction of sp³-hybridized carbons (Fsp3) is 0.0769. The van der Waals surface area contributed by atoms with Crippen LogP contribution in [0.5, 0.6) is 5.75 Å². The lowest BCUT2D eigenvalue weighted by molar-refractivity contribution is 0.477. The van der Waals surface area contributed by atoms with Gasteiger partial charge >= 0.3 is 0 Å². The van der Waals surface area contributed by atoms with Crippen molar-refractivity contribution in [2.75, 3.05) is 4.72 Å². The van der Waals surface area contributed by atoms with Crippen molar-refractivity contribution in [3.8, 4) is 5.75 Å². The minimum atomic E-state index is -3.84. The normalized spacial score (nSPS) is 11.3. The van der Waals surface area contributed by atoms with E-state index in [9.17, 15) is 17.9 Å². The van der Waals surface area contributed by atoms with Gasteiger partial charge in [-0.1, -0.05) is 6.07 Å². The molecule has 0 atom stereocenters. The van der Waals surface area contributed by atoms with Crippen LogP contribution < -0.4 is 4.72 Å². The van der Waals surface area contributed by atoms with E-state index < -0.39 is 15.8 Å². The van der Waals surface area contributed by atoms with Gasteiger partial charge in [0.05, 0.1) is 10.6 Å². The zero-order valence-corrected chi connectivity index (χ0v) is 10.9. The fourth-order valence-corrected chi connectivity index (χ4v) is 2.62. The van der Waals surface area contributed by atoms with Gasteiger partial charge < -0.3 is 5.11 Å². The largest absolute Gasteiger partial charge is 0.506 e. The van der Waals surface area contributed by atoms with Crippen molar-refractivity contribution < 1.29 is 17.9 Å². The SMILES string of the molecule is Cc1ccc(NS(=O)(=O)c2ccc(F)cc2)c(O)c1. The highest BCUT2D eigenvalue weighted by molar-refractivity contribution is 7.92. The number of halogens is 1. The summed E-state index contributed by atoms with van der Waals surface area (Å²) in [4.78, 5) is -0.0751. The van der Waals surface area contributed by atoms with Gasteiger partial charge in [-0.3, -0.25) is 4.72 Å². The highest BCUT2D eigenvalue weighted by Gasteiger charge is 2.15. The van der Waals surface area contributed by atoms with Gasteiger partial charge in [-0.05, 0) is 48.9 Å². The Balaban J connectivity index is 2.33. The molecule has 2 N–H and O–H groups in total. The van der Waals surface area contributed by atoms with Crippen molar-refractivity contribution in [2.45, 2.75) is 11.8 Å². The number of anilines is 1. The van der Waals surface area contributed by atoms with E-state index in [2.05, 4.69) is 4.72 Å². The Bertz CT molecular complexity index is 696. The number of benzene rings is 2. The molecule has 0 aliphatic carbocycles. The lowest BCUT2D eigenvalue weighted by atomic mass is 10.2. The Morgan fingerprint density at radius 2 is 1.74 bits per heavy atom. The maximum atomic E-state index is 12.8. The molecule has 0 radical (unpaired) electrons. The molecule has 0 aliphatic rings. The number of aryl methyl sites for hydroxylation is 1. The van der Waals surface area contributed by atoms with Gasteiger partial charge in [0.15, 0.2) is 0 Å². The van der Waals surface area contributed by atoms with E-state index in [1.165, 1.54) is 12.1 Å². The van der Waals surface area contributed by atoms with E-state index in [0.717, 1.165) is 29.8 Å². The second-order valence-corrected chi connectivity index (χ2v) is 5.76. The summed E-state index contributed by atoms with van der Waals surface area (Å²) < 4.78 is 39.0. The highest BCUT2D eigenvalue weighted by Crippen LogP contribution is 2.26. The number of nitrogens with one attached hydrogen (secondary N) is 1. The van der Waals surface area contributed by atoms with E-state index in [0.29, 0.717) is 0 Å². The third kappa shape index (κ3) is 3.03. The summed E-state index contributed by atoms with van der Waals surface area (Å²) in [6, 6.07) is 9.01. The molecule has 0 aromatic heterocycles. The van der Waals surface area contributed by atoms with Gasteiger partial charge in [0, 0.05) is 0 Å². The molecular weight excluding hydrogens is 269 g/mol. The maximum absolute atomic E-state index is 12.8. The fourth-order valence-electron chi connectivity index (χ4n) is 1.55. The first kappa shape index (κ1) is 13.4. The molecule has 0 bridgehead atoms. The van der Waals surface area contributed by atoms with Gasteiger partial charge in [-0.15, -0.1) is 0 Å². The second-order valence-electron chi connectivity index (χ2n) is 4.08. The van der Waals surface area contributed by atoms with Crippen LogP contribution in [0.4, 0.5) is 10.1 Å². The Labute approximate surface area is 110 Å². The molecule has 0 heterocycles. The van der Waals surface area contributed by atoms with Crippen molar-refractivity contribution >= 4 is 15.7 Å². The number of phenolic OH excluding ortho intramolecular Hbond substituents is 1. The molecule has 2 aromatic rings. The first-order chi connectivity index (χ1) is 8.88. The monoisotopic (exact) mass is 281 g/mol. The van der Waals surface area contributed by atoms with Crippen molar-refractivity contribution in [2.24, 2.45) is 0 Å². The minimum Gasteiger partial charge on any atom is -0.506 e. The Kier molecular flexibility index (Phi) is 3.44. The molecule has 0 amide bonds. The van der Waals surface area contributed by atoms with Gasteiger partial charge in [-0.25, -0.2) is 12.8 Å². The molecule has 100 valence electrons. The van der Waals surface area contributed by atoms with Crippen LogP contribution in [0.2, 0.25) is 0 Å². The molecule has 0 fully saturated rings. The van der Waals surface area contributed by atoms with Crippen LogP contribution >= 0.6 is 0 Å². The van der Waals surface area contributed by atoms with Crippen molar-refractivity contribution in [3.05, 3.63) is 53.8 Å². The van der Waals surface area contributed by atoms with Gasteiger partial charge in [0.2, 0.25) is 0 Å². The zero-order chi connectivity index (χ0) is 14.0. The predicted octanol–water partition coefficient (Wildman–Crippen LogP) is 2.64. The molecule has 0 spiro atoms. The van der Waals surface area contributed by atoms with Crippen LogP contribution in [0.3, 0.4) is 0 Å². The Hall–Kier alpha value is -2.08. The van der Waals surface area contributed by atoms with Crippen LogP contribution in [0.1, 0.15) is 5.56 Å². The standard InChI is InChI=1S/C13H12FNO3S/c1-9-2-7-12(13(16)8-9)15-19(17,18)11-5-3-10(14)4-6-11/h2-8,15-16H,1H3. The first-order valence-corrected chi connectivity index (χ1v) is 6.95. The summed E-state index contributed by atoms with van der Waals surface area (Å²) in [7, 11) is -3.84. The Morgan fingerprint density at radius 3 is 2.32 bits per heavy atom. The summed E-state index contributed by atoms with van der Waals surface area (Å²) in [5.74, 6) is -0.678. The zero-order valence-electron chi connectivity index (χ0n) is 10.1. The molecule has 19 heavy (non-hydrogen) atoms. The Morgan fingerprint density at radius 1 is 1.11 bits per heavy atom. The van der Waals surface area contributed by atoms with Crippen molar-refractivity contribution in [1.29, 1.82) is 0 Å². The molecule has 6 heteroatoms. The molecule has 2 rings (SSSR count). The second kappa shape index (κ2) is 4.89. The van der Waals surface area contributed by atoms with E-state index in [1.54, 1.807) is 13.0 Å². The summed E-state index contributed by atoms with van der Waals surface area (Å²) >= 11 is 0. The van der Waals surface area contributed by atoms with Gasteiger partial charge in [0.1, 0.15) is 11.6 Å². The third-order valence-electron chi connectivity index (χ3n) is 2.52. The van der Waals surface area contributed by atoms with E-state index >= 15 is 0 Å². The van der Waals surface area contributed by atoms with E-state index in [1.807, 2.05) is 0 Å². The lowest BCUT2D eigenvalue weighted by Crippen LogP contribution is -2.13. The lowest BCUT2D eigenvalue weighted by Gasteiger charge is -2.10. The van der Waals surface area contributed by atoms with Gasteiger partial charge in [0.25, 0.3) is 10.0 Å². The minimum absolute atomic E-state index is 0.0751. The number of hydrogen-bond donors (Lipinski definition) is 2. The van der Waals surface area contributed by atoms with Crippen molar-refractivity contribution in [1.82, 2.24) is 0 Å². The number of aromatic hydroxyl groups is 1. The number of hydrogen-bond acceptors (Lipinski definition) is 3. The summed E-state index contributed by atoms with van der Waals surface area (Å²) in [6.07, 6.45) is 0. The predicted molar refractivity (Wildman–Crippen MR) is 70.1 cm³/mol. The average molecular weight is 281 g/mol. The highest BCUT2D eigenvalue weighted by atomic mass is 32.2. The van der Waals surface area contributed by atoms with E-state index in [-0.39, 0.29) is 16.3 Å². The molecule has 0 unspecified atom stereocenters. The van der Waals surface area contributed by atoms with Crippen LogP contribution in [0, 0.1) is 12.7 Å². The van der Waals surface area contributed by atoms with E-state index in [4.69, 9.17) is 0 Å².